The van der Waals surface area contributed by atoms with Crippen molar-refractivity contribution in [3.8, 4) is 0 Å². The van der Waals surface area contributed by atoms with Crippen molar-refractivity contribution in [1.82, 2.24) is 15.3 Å². The quantitative estimate of drug-likeness (QED) is 0.758. The van der Waals surface area contributed by atoms with E-state index in [1.807, 2.05) is 27.7 Å². The number of ether oxygens (including phenoxy) is 1. The lowest BCUT2D eigenvalue weighted by atomic mass is 10.2. The normalized spacial score (nSPS) is 11.1. The third-order valence-electron chi connectivity index (χ3n) is 2.41. The van der Waals surface area contributed by atoms with Crippen molar-refractivity contribution in [3.63, 3.8) is 0 Å². The minimum Gasteiger partial charge on any atom is -0.396 e. The molecule has 1 aromatic heterocycles. The number of nitrogens with zero attached hydrogens (tertiary/aromatic N) is 2. The summed E-state index contributed by atoms with van der Waals surface area (Å²) in [6, 6.07) is 0. The summed E-state index contributed by atoms with van der Waals surface area (Å²) in [5, 5.41) is 2.73. The number of hydrogen-bond acceptors (Lipinski definition) is 5. The van der Waals surface area contributed by atoms with E-state index >= 15 is 0 Å². The number of nitrogen functional groups attached to an aromatic ring is 1. The van der Waals surface area contributed by atoms with Crippen molar-refractivity contribution < 1.29 is 9.53 Å². The van der Waals surface area contributed by atoms with E-state index in [-0.39, 0.29) is 29.3 Å². The monoisotopic (exact) mass is 266 g/mol. The lowest BCUT2D eigenvalue weighted by Gasteiger charge is -2.10. The minimum absolute atomic E-state index is 0.147. The van der Waals surface area contributed by atoms with Gasteiger partial charge < -0.3 is 15.8 Å². The van der Waals surface area contributed by atoms with E-state index in [2.05, 4.69) is 15.3 Å². The highest BCUT2D eigenvalue weighted by atomic mass is 16.5. The van der Waals surface area contributed by atoms with E-state index in [0.717, 1.165) is 0 Å². The van der Waals surface area contributed by atoms with Crippen molar-refractivity contribution in [1.29, 1.82) is 0 Å². The van der Waals surface area contributed by atoms with Crippen LogP contribution in [0.25, 0.3) is 0 Å². The maximum atomic E-state index is 11.9. The predicted molar refractivity (Wildman–Crippen MR) is 74.0 cm³/mol. The van der Waals surface area contributed by atoms with E-state index in [9.17, 15) is 4.79 Å². The second-order valence-corrected chi connectivity index (χ2v) is 4.86. The molecule has 0 aliphatic carbocycles. The highest BCUT2D eigenvalue weighted by Crippen LogP contribution is 2.13. The van der Waals surface area contributed by atoms with Gasteiger partial charge in [-0.25, -0.2) is 9.97 Å². The van der Waals surface area contributed by atoms with Gasteiger partial charge >= 0.3 is 0 Å². The second kappa shape index (κ2) is 7.04. The molecular weight excluding hydrogens is 244 g/mol. The third-order valence-corrected chi connectivity index (χ3v) is 2.41. The molecule has 19 heavy (non-hydrogen) atoms. The molecule has 1 rings (SSSR count). The van der Waals surface area contributed by atoms with Gasteiger partial charge in [0.25, 0.3) is 5.91 Å². The van der Waals surface area contributed by atoms with Crippen molar-refractivity contribution >= 4 is 11.6 Å². The molecule has 0 radical (unpaired) electrons. The molecule has 106 valence electrons. The van der Waals surface area contributed by atoms with Crippen LogP contribution in [0.2, 0.25) is 0 Å². The van der Waals surface area contributed by atoms with Gasteiger partial charge in [-0.15, -0.1) is 0 Å². The summed E-state index contributed by atoms with van der Waals surface area (Å²) < 4.78 is 5.34. The Bertz CT molecular complexity index is 433. The van der Waals surface area contributed by atoms with Crippen LogP contribution < -0.4 is 11.1 Å². The number of amides is 1. The highest BCUT2D eigenvalue weighted by molar-refractivity contribution is 5.96. The molecule has 0 bridgehead atoms. The van der Waals surface area contributed by atoms with Crippen molar-refractivity contribution in [2.75, 3.05) is 18.9 Å². The Labute approximate surface area is 113 Å². The Balaban J connectivity index is 2.63. The van der Waals surface area contributed by atoms with Crippen LogP contribution >= 0.6 is 0 Å². The standard InChI is InChI=1S/C13H22N4O2/c1-8(2)12-16-7-10(14)11(17-12)13(18)15-5-6-19-9(3)4/h7-9H,5-6,14H2,1-4H3,(H,15,18). The van der Waals surface area contributed by atoms with Crippen LogP contribution in [0, 0.1) is 0 Å². The molecule has 6 heteroatoms. The summed E-state index contributed by atoms with van der Waals surface area (Å²) >= 11 is 0. The number of anilines is 1. The van der Waals surface area contributed by atoms with Gasteiger partial charge in [-0.2, -0.15) is 0 Å². The second-order valence-electron chi connectivity index (χ2n) is 4.86. The van der Waals surface area contributed by atoms with Crippen LogP contribution in [-0.4, -0.2) is 35.1 Å². The summed E-state index contributed by atoms with van der Waals surface area (Å²) in [6.07, 6.45) is 1.62. The molecule has 0 unspecified atom stereocenters. The Morgan fingerprint density at radius 3 is 2.68 bits per heavy atom. The van der Waals surface area contributed by atoms with Crippen LogP contribution in [-0.2, 0) is 4.74 Å². The maximum Gasteiger partial charge on any atom is 0.272 e. The van der Waals surface area contributed by atoms with Crippen molar-refractivity contribution in [2.24, 2.45) is 0 Å². The van der Waals surface area contributed by atoms with Gasteiger partial charge in [0.2, 0.25) is 0 Å². The predicted octanol–water partition coefficient (Wildman–Crippen LogP) is 1.34. The van der Waals surface area contributed by atoms with Crippen LogP contribution in [0.1, 0.15) is 49.9 Å². The van der Waals surface area contributed by atoms with Crippen LogP contribution in [0.4, 0.5) is 5.69 Å². The van der Waals surface area contributed by atoms with Crippen LogP contribution in [0.3, 0.4) is 0 Å². The van der Waals surface area contributed by atoms with Crippen LogP contribution in [0.15, 0.2) is 6.20 Å². The maximum absolute atomic E-state index is 11.9. The minimum atomic E-state index is -0.297. The van der Waals surface area contributed by atoms with Gasteiger partial charge in [0.15, 0.2) is 5.69 Å². The molecule has 0 aromatic carbocycles. The number of rotatable bonds is 6. The van der Waals surface area contributed by atoms with Gasteiger partial charge in [-0.05, 0) is 13.8 Å². The molecule has 0 saturated heterocycles. The molecule has 6 nitrogen and oxygen atoms in total. The SMILES string of the molecule is CC(C)OCCNC(=O)c1nc(C(C)C)ncc1N. The van der Waals surface area contributed by atoms with Gasteiger partial charge in [0, 0.05) is 12.5 Å². The molecule has 0 spiro atoms. The van der Waals surface area contributed by atoms with Gasteiger partial charge in [-0.3, -0.25) is 4.79 Å². The first-order valence-electron chi connectivity index (χ1n) is 6.44. The average Bonchev–Trinajstić information content (AvgIpc) is 2.34. The molecule has 0 saturated carbocycles. The molecule has 1 heterocycles. The first-order valence-corrected chi connectivity index (χ1v) is 6.44. The molecule has 0 atom stereocenters. The lowest BCUT2D eigenvalue weighted by Crippen LogP contribution is -2.30. The largest absolute Gasteiger partial charge is 0.396 e. The number of aromatic nitrogens is 2. The number of nitrogens with two attached hydrogens (primary N) is 1. The highest BCUT2D eigenvalue weighted by Gasteiger charge is 2.14. The smallest absolute Gasteiger partial charge is 0.272 e. The molecule has 1 amide bonds. The Morgan fingerprint density at radius 2 is 2.11 bits per heavy atom. The van der Waals surface area contributed by atoms with E-state index in [4.69, 9.17) is 10.5 Å². The number of hydrogen-bond donors (Lipinski definition) is 2. The summed E-state index contributed by atoms with van der Waals surface area (Å²) in [4.78, 5) is 20.2. The molecule has 0 fully saturated rings. The molecule has 1 aromatic rings. The lowest BCUT2D eigenvalue weighted by molar-refractivity contribution is 0.0745. The van der Waals surface area contributed by atoms with Crippen LogP contribution in [0.5, 0.6) is 0 Å². The summed E-state index contributed by atoms with van der Waals surface area (Å²) in [6.45, 7) is 8.70. The summed E-state index contributed by atoms with van der Waals surface area (Å²) in [7, 11) is 0. The molecule has 0 aliphatic rings. The zero-order valence-corrected chi connectivity index (χ0v) is 11.9. The Kier molecular flexibility index (Phi) is 5.69. The molecule has 0 aliphatic heterocycles. The van der Waals surface area contributed by atoms with E-state index in [0.29, 0.717) is 19.0 Å². The van der Waals surface area contributed by atoms with E-state index in [1.54, 1.807) is 0 Å². The number of carbonyl (C=O) groups is 1. The fourth-order valence-electron chi connectivity index (χ4n) is 1.41. The van der Waals surface area contributed by atoms with E-state index < -0.39 is 0 Å². The molecule has 3 N–H and O–H groups in total. The first kappa shape index (κ1) is 15.4. The average molecular weight is 266 g/mol. The molecular formula is C13H22N4O2. The van der Waals surface area contributed by atoms with Crippen molar-refractivity contribution in [2.45, 2.75) is 39.7 Å². The number of carbonyl (C=O) groups excluding carboxylic acids is 1. The first-order chi connectivity index (χ1) is 8.91. The van der Waals surface area contributed by atoms with Gasteiger partial charge in [0.1, 0.15) is 5.82 Å². The fraction of sp³-hybridized carbons (Fsp3) is 0.615. The van der Waals surface area contributed by atoms with Gasteiger partial charge in [-0.1, -0.05) is 13.8 Å². The Morgan fingerprint density at radius 1 is 1.42 bits per heavy atom. The third kappa shape index (κ3) is 4.82. The zero-order chi connectivity index (χ0) is 14.4. The fourth-order valence-corrected chi connectivity index (χ4v) is 1.41. The summed E-state index contributed by atoms with van der Waals surface area (Å²) in [5.41, 5.74) is 6.24. The Hall–Kier alpha value is -1.69. The topological polar surface area (TPSA) is 90.1 Å². The van der Waals surface area contributed by atoms with E-state index in [1.165, 1.54) is 6.20 Å². The number of nitrogens with one attached hydrogen (secondary N) is 1. The van der Waals surface area contributed by atoms with Crippen molar-refractivity contribution in [3.05, 3.63) is 17.7 Å². The zero-order valence-electron chi connectivity index (χ0n) is 11.9. The van der Waals surface area contributed by atoms with Gasteiger partial charge in [0.05, 0.1) is 24.6 Å². The summed E-state index contributed by atoms with van der Waals surface area (Å²) in [5.74, 6) is 0.461.